The van der Waals surface area contributed by atoms with Gasteiger partial charge in [0.15, 0.2) is 21.9 Å². The molecule has 1 aromatic carbocycles. The number of nitrogens with zero attached hydrogens (tertiary/aromatic N) is 2. The van der Waals surface area contributed by atoms with Gasteiger partial charge in [-0.05, 0) is 36.5 Å². The lowest BCUT2D eigenvalue weighted by atomic mass is 10.1. The summed E-state index contributed by atoms with van der Waals surface area (Å²) in [6, 6.07) is 7.00. The Kier molecular flexibility index (Phi) is 3.60. The SMILES string of the molecule is COc1ccc(-c2cc3c(=O)[nH]c(=S)[nH]c3nn2)cc1OC. The molecule has 0 saturated heterocycles. The van der Waals surface area contributed by atoms with Crippen LogP contribution in [0.1, 0.15) is 0 Å². The van der Waals surface area contributed by atoms with E-state index in [2.05, 4.69) is 20.2 Å². The molecule has 0 aliphatic rings. The molecule has 0 amide bonds. The molecule has 0 unspecified atom stereocenters. The Morgan fingerprint density at radius 1 is 1.05 bits per heavy atom. The number of hydrogen-bond donors (Lipinski definition) is 2. The first-order chi connectivity index (χ1) is 10.6. The van der Waals surface area contributed by atoms with Crippen molar-refractivity contribution in [3.8, 4) is 22.8 Å². The van der Waals surface area contributed by atoms with Gasteiger partial charge in [0.25, 0.3) is 5.56 Å². The first kappa shape index (κ1) is 14.2. The Labute approximate surface area is 129 Å². The summed E-state index contributed by atoms with van der Waals surface area (Å²) >= 11 is 4.90. The number of rotatable bonds is 3. The van der Waals surface area contributed by atoms with E-state index in [0.29, 0.717) is 28.2 Å². The van der Waals surface area contributed by atoms with Gasteiger partial charge in [-0.1, -0.05) is 0 Å². The molecular formula is C14H12N4O3S. The van der Waals surface area contributed by atoms with Crippen molar-refractivity contribution in [3.63, 3.8) is 0 Å². The van der Waals surface area contributed by atoms with Crippen LogP contribution in [0.3, 0.4) is 0 Å². The Bertz CT molecular complexity index is 964. The van der Waals surface area contributed by atoms with Crippen LogP contribution in [0, 0.1) is 4.77 Å². The van der Waals surface area contributed by atoms with Gasteiger partial charge in [-0.2, -0.15) is 0 Å². The fourth-order valence-corrected chi connectivity index (χ4v) is 2.29. The quantitative estimate of drug-likeness (QED) is 0.719. The fraction of sp³-hybridized carbons (Fsp3) is 0.143. The van der Waals surface area contributed by atoms with E-state index in [1.165, 1.54) is 0 Å². The smallest absolute Gasteiger partial charge is 0.261 e. The van der Waals surface area contributed by atoms with Crippen LogP contribution in [0.2, 0.25) is 0 Å². The molecule has 0 radical (unpaired) electrons. The standard InChI is InChI=1S/C14H12N4O3S/c1-20-10-4-3-7(5-11(10)21-2)9-6-8-12(18-17-9)15-14(22)16-13(8)19/h3-6H,1-2H3,(H2,15,16,18,19,22). The van der Waals surface area contributed by atoms with Gasteiger partial charge in [0, 0.05) is 5.56 Å². The Balaban J connectivity index is 2.18. The molecule has 2 aromatic heterocycles. The summed E-state index contributed by atoms with van der Waals surface area (Å²) in [5.41, 5.74) is 1.34. The number of ether oxygens (including phenoxy) is 2. The lowest BCUT2D eigenvalue weighted by Gasteiger charge is -2.09. The number of methoxy groups -OCH3 is 2. The first-order valence-electron chi connectivity index (χ1n) is 6.35. The number of H-pyrrole nitrogens is 2. The van der Waals surface area contributed by atoms with Gasteiger partial charge in [0.05, 0.1) is 25.3 Å². The minimum absolute atomic E-state index is 0.214. The monoisotopic (exact) mass is 316 g/mol. The second-order valence-corrected chi connectivity index (χ2v) is 4.88. The molecule has 2 N–H and O–H groups in total. The first-order valence-corrected chi connectivity index (χ1v) is 6.75. The lowest BCUT2D eigenvalue weighted by molar-refractivity contribution is 0.355. The highest BCUT2D eigenvalue weighted by Gasteiger charge is 2.10. The molecule has 3 rings (SSSR count). The van der Waals surface area contributed by atoms with E-state index in [1.54, 1.807) is 32.4 Å². The van der Waals surface area contributed by atoms with Gasteiger partial charge < -0.3 is 14.5 Å². The van der Waals surface area contributed by atoms with Crippen LogP contribution >= 0.6 is 12.2 Å². The minimum atomic E-state index is -0.310. The summed E-state index contributed by atoms with van der Waals surface area (Å²) in [5, 5.41) is 8.51. The van der Waals surface area contributed by atoms with E-state index in [0.717, 1.165) is 5.56 Å². The number of aromatic nitrogens is 4. The molecule has 0 bridgehead atoms. The van der Waals surface area contributed by atoms with Crippen molar-refractivity contribution in [1.29, 1.82) is 0 Å². The topological polar surface area (TPSA) is 92.9 Å². The minimum Gasteiger partial charge on any atom is -0.493 e. The van der Waals surface area contributed by atoms with Crippen LogP contribution in [0.5, 0.6) is 11.5 Å². The number of nitrogens with one attached hydrogen (secondary N) is 2. The normalized spacial score (nSPS) is 10.6. The van der Waals surface area contributed by atoms with Gasteiger partial charge in [-0.15, -0.1) is 10.2 Å². The van der Waals surface area contributed by atoms with Crippen molar-refractivity contribution in [3.05, 3.63) is 39.4 Å². The number of fused-ring (bicyclic) bond motifs is 1. The highest BCUT2D eigenvalue weighted by atomic mass is 32.1. The molecule has 0 aliphatic heterocycles. The maximum absolute atomic E-state index is 12.0. The molecule has 22 heavy (non-hydrogen) atoms. The molecule has 2 heterocycles. The second kappa shape index (κ2) is 5.57. The van der Waals surface area contributed by atoms with E-state index in [9.17, 15) is 4.79 Å². The van der Waals surface area contributed by atoms with Crippen molar-refractivity contribution in [1.82, 2.24) is 20.2 Å². The van der Waals surface area contributed by atoms with Crippen molar-refractivity contribution < 1.29 is 9.47 Å². The van der Waals surface area contributed by atoms with E-state index in [1.807, 2.05) is 6.07 Å². The van der Waals surface area contributed by atoms with E-state index in [4.69, 9.17) is 21.7 Å². The molecule has 0 atom stereocenters. The van der Waals surface area contributed by atoms with Crippen molar-refractivity contribution in [2.45, 2.75) is 0 Å². The molecule has 0 spiro atoms. The molecule has 112 valence electrons. The fourth-order valence-electron chi connectivity index (χ4n) is 2.10. The average Bonchev–Trinajstić information content (AvgIpc) is 2.53. The highest BCUT2D eigenvalue weighted by Crippen LogP contribution is 2.31. The van der Waals surface area contributed by atoms with E-state index < -0.39 is 0 Å². The van der Waals surface area contributed by atoms with Gasteiger partial charge in [0.1, 0.15) is 0 Å². The molecule has 7 nitrogen and oxygen atoms in total. The molecule has 0 saturated carbocycles. The third kappa shape index (κ3) is 2.44. The molecule has 3 aromatic rings. The molecule has 0 fully saturated rings. The largest absolute Gasteiger partial charge is 0.493 e. The predicted octanol–water partition coefficient (Wildman–Crippen LogP) is 2.06. The van der Waals surface area contributed by atoms with Crippen LogP contribution in [-0.4, -0.2) is 34.4 Å². The maximum atomic E-state index is 12.0. The second-order valence-electron chi connectivity index (χ2n) is 4.47. The van der Waals surface area contributed by atoms with Crippen molar-refractivity contribution >= 4 is 23.3 Å². The Morgan fingerprint density at radius 2 is 1.82 bits per heavy atom. The Hall–Kier alpha value is -2.74. The number of benzene rings is 1. The third-order valence-electron chi connectivity index (χ3n) is 3.18. The zero-order valence-electron chi connectivity index (χ0n) is 11.8. The number of aromatic amines is 2. The lowest BCUT2D eigenvalue weighted by Crippen LogP contribution is -2.09. The molecular weight excluding hydrogens is 304 g/mol. The average molecular weight is 316 g/mol. The summed E-state index contributed by atoms with van der Waals surface area (Å²) in [7, 11) is 3.12. The third-order valence-corrected chi connectivity index (χ3v) is 3.38. The zero-order valence-corrected chi connectivity index (χ0v) is 12.7. The van der Waals surface area contributed by atoms with Crippen LogP contribution in [0.4, 0.5) is 0 Å². The van der Waals surface area contributed by atoms with Crippen LogP contribution in [-0.2, 0) is 0 Å². The van der Waals surface area contributed by atoms with Crippen LogP contribution in [0.15, 0.2) is 29.1 Å². The summed E-state index contributed by atoms with van der Waals surface area (Å²) < 4.78 is 10.7. The van der Waals surface area contributed by atoms with Crippen LogP contribution in [0.25, 0.3) is 22.3 Å². The molecule has 0 aliphatic carbocycles. The highest BCUT2D eigenvalue weighted by molar-refractivity contribution is 7.71. The van der Waals surface area contributed by atoms with E-state index in [-0.39, 0.29) is 10.3 Å². The van der Waals surface area contributed by atoms with E-state index >= 15 is 0 Å². The summed E-state index contributed by atoms with van der Waals surface area (Å²) in [5.74, 6) is 1.19. The summed E-state index contributed by atoms with van der Waals surface area (Å²) in [6.07, 6.45) is 0. The van der Waals surface area contributed by atoms with Gasteiger partial charge in [0.2, 0.25) is 0 Å². The summed E-state index contributed by atoms with van der Waals surface area (Å²) in [6.45, 7) is 0. The summed E-state index contributed by atoms with van der Waals surface area (Å²) in [4.78, 5) is 17.3. The Morgan fingerprint density at radius 3 is 2.55 bits per heavy atom. The zero-order chi connectivity index (χ0) is 15.7. The van der Waals surface area contributed by atoms with Gasteiger partial charge in [-0.3, -0.25) is 9.78 Å². The van der Waals surface area contributed by atoms with Gasteiger partial charge >= 0.3 is 0 Å². The molecule has 8 heteroatoms. The van der Waals surface area contributed by atoms with Crippen molar-refractivity contribution in [2.24, 2.45) is 0 Å². The van der Waals surface area contributed by atoms with Gasteiger partial charge in [-0.25, -0.2) is 0 Å². The number of hydrogen-bond acceptors (Lipinski definition) is 6. The predicted molar refractivity (Wildman–Crippen MR) is 83.9 cm³/mol. The van der Waals surface area contributed by atoms with Crippen molar-refractivity contribution in [2.75, 3.05) is 14.2 Å². The maximum Gasteiger partial charge on any atom is 0.261 e. The van der Waals surface area contributed by atoms with Crippen LogP contribution < -0.4 is 15.0 Å².